The van der Waals surface area contributed by atoms with E-state index in [0.717, 1.165) is 11.3 Å². The number of thioether (sulfide) groups is 1. The van der Waals surface area contributed by atoms with Crippen molar-refractivity contribution >= 4 is 17.7 Å². The summed E-state index contributed by atoms with van der Waals surface area (Å²) in [5.74, 6) is -0.0296. The second-order valence-electron chi connectivity index (χ2n) is 6.59. The first kappa shape index (κ1) is 17.5. The molecule has 2 aromatic rings. The van der Waals surface area contributed by atoms with Gasteiger partial charge in [0.25, 0.3) is 0 Å². The number of hydrogen-bond donors (Lipinski definition) is 1. The molecule has 0 spiro atoms. The summed E-state index contributed by atoms with van der Waals surface area (Å²) in [7, 11) is 0. The lowest BCUT2D eigenvalue weighted by Crippen LogP contribution is -2.44. The van der Waals surface area contributed by atoms with Crippen molar-refractivity contribution in [3.8, 4) is 5.69 Å². The molecule has 1 heterocycles. The van der Waals surface area contributed by atoms with Crippen LogP contribution in [0.25, 0.3) is 5.69 Å². The summed E-state index contributed by atoms with van der Waals surface area (Å²) in [6.45, 7) is 11.8. The maximum atomic E-state index is 12.2. The highest BCUT2D eigenvalue weighted by atomic mass is 32.2. The molecule has 0 bridgehead atoms. The third-order valence-electron chi connectivity index (χ3n) is 3.39. The molecular formula is C16H23N5OS. The molecule has 0 aliphatic heterocycles. The number of tetrazole rings is 1. The Morgan fingerprint density at radius 1 is 1.30 bits per heavy atom. The standard InChI is InChI=1S/C16H23N5OS/c1-10-8-7-9-13(11(10)2)21-15(18-19-20-21)23-12(3)14(22)17-16(4,5)6/h7-9,12H,1-6H3,(H,17,22). The Morgan fingerprint density at radius 2 is 2.00 bits per heavy atom. The van der Waals surface area contributed by atoms with Gasteiger partial charge >= 0.3 is 0 Å². The first-order chi connectivity index (χ1) is 10.7. The molecule has 0 aliphatic rings. The maximum Gasteiger partial charge on any atom is 0.233 e. The van der Waals surface area contributed by atoms with Crippen LogP contribution in [0.5, 0.6) is 0 Å². The zero-order valence-corrected chi connectivity index (χ0v) is 15.2. The molecule has 0 saturated heterocycles. The monoisotopic (exact) mass is 333 g/mol. The number of nitrogens with zero attached hydrogens (tertiary/aromatic N) is 4. The Balaban J connectivity index is 2.22. The topological polar surface area (TPSA) is 72.7 Å². The number of nitrogens with one attached hydrogen (secondary N) is 1. The average molecular weight is 333 g/mol. The van der Waals surface area contributed by atoms with E-state index in [1.807, 2.05) is 46.8 Å². The molecule has 1 atom stereocenters. The molecule has 1 amide bonds. The predicted molar refractivity (Wildman–Crippen MR) is 91.8 cm³/mol. The minimum absolute atomic E-state index is 0.0296. The first-order valence-corrected chi connectivity index (χ1v) is 8.40. The molecule has 124 valence electrons. The molecule has 0 fully saturated rings. The Bertz CT molecular complexity index is 705. The van der Waals surface area contributed by atoms with Crippen LogP contribution in [0.2, 0.25) is 0 Å². The molecular weight excluding hydrogens is 310 g/mol. The van der Waals surface area contributed by atoms with E-state index < -0.39 is 0 Å². The fraction of sp³-hybridized carbons (Fsp3) is 0.500. The summed E-state index contributed by atoms with van der Waals surface area (Å²) in [6.07, 6.45) is 0. The fourth-order valence-electron chi connectivity index (χ4n) is 2.05. The highest BCUT2D eigenvalue weighted by Crippen LogP contribution is 2.25. The normalized spacial score (nSPS) is 13.0. The van der Waals surface area contributed by atoms with E-state index in [4.69, 9.17) is 0 Å². The highest BCUT2D eigenvalue weighted by Gasteiger charge is 2.23. The number of hydrogen-bond acceptors (Lipinski definition) is 5. The van der Waals surface area contributed by atoms with Crippen molar-refractivity contribution in [1.82, 2.24) is 25.5 Å². The van der Waals surface area contributed by atoms with Crippen LogP contribution >= 0.6 is 11.8 Å². The van der Waals surface area contributed by atoms with Crippen LogP contribution in [0.3, 0.4) is 0 Å². The minimum Gasteiger partial charge on any atom is -0.351 e. The number of carbonyl (C=O) groups is 1. The van der Waals surface area contributed by atoms with Crippen molar-refractivity contribution in [1.29, 1.82) is 0 Å². The summed E-state index contributed by atoms with van der Waals surface area (Å²) in [5, 5.41) is 15.2. The summed E-state index contributed by atoms with van der Waals surface area (Å²) < 4.78 is 1.69. The molecule has 0 saturated carbocycles. The molecule has 23 heavy (non-hydrogen) atoms. The Kier molecular flexibility index (Phi) is 5.09. The van der Waals surface area contributed by atoms with Crippen molar-refractivity contribution in [3.05, 3.63) is 29.3 Å². The van der Waals surface area contributed by atoms with Gasteiger partial charge in [0.2, 0.25) is 11.1 Å². The van der Waals surface area contributed by atoms with E-state index in [9.17, 15) is 4.79 Å². The van der Waals surface area contributed by atoms with Crippen LogP contribution in [-0.2, 0) is 4.79 Å². The smallest absolute Gasteiger partial charge is 0.233 e. The summed E-state index contributed by atoms with van der Waals surface area (Å²) in [6, 6.07) is 6.00. The zero-order valence-electron chi connectivity index (χ0n) is 14.4. The average Bonchev–Trinajstić information content (AvgIpc) is 2.88. The predicted octanol–water partition coefficient (Wildman–Crippen LogP) is 2.67. The van der Waals surface area contributed by atoms with E-state index in [1.54, 1.807) is 4.68 Å². The van der Waals surface area contributed by atoms with E-state index in [0.29, 0.717) is 5.16 Å². The Hall–Kier alpha value is -1.89. The maximum absolute atomic E-state index is 12.2. The number of amides is 1. The largest absolute Gasteiger partial charge is 0.351 e. The molecule has 2 rings (SSSR count). The lowest BCUT2D eigenvalue weighted by atomic mass is 10.1. The van der Waals surface area contributed by atoms with Gasteiger partial charge in [-0.2, -0.15) is 4.68 Å². The van der Waals surface area contributed by atoms with Gasteiger partial charge in [-0.05, 0) is 69.2 Å². The molecule has 0 aliphatic carbocycles. The second-order valence-corrected chi connectivity index (χ2v) is 7.90. The second kappa shape index (κ2) is 6.70. The Labute approximate surface area is 141 Å². The van der Waals surface area contributed by atoms with Crippen molar-refractivity contribution in [2.24, 2.45) is 0 Å². The van der Waals surface area contributed by atoms with Crippen LogP contribution in [0.4, 0.5) is 0 Å². The van der Waals surface area contributed by atoms with Gasteiger partial charge in [0.1, 0.15) is 0 Å². The quantitative estimate of drug-likeness (QED) is 0.871. The highest BCUT2D eigenvalue weighted by molar-refractivity contribution is 8.00. The number of aryl methyl sites for hydroxylation is 1. The van der Waals surface area contributed by atoms with Crippen molar-refractivity contribution < 1.29 is 4.79 Å². The Morgan fingerprint density at radius 3 is 2.65 bits per heavy atom. The van der Waals surface area contributed by atoms with Gasteiger partial charge in [0.15, 0.2) is 0 Å². The number of benzene rings is 1. The van der Waals surface area contributed by atoms with Crippen LogP contribution in [0.1, 0.15) is 38.8 Å². The van der Waals surface area contributed by atoms with Gasteiger partial charge in [-0.15, -0.1) is 5.10 Å². The molecule has 1 N–H and O–H groups in total. The molecule has 0 radical (unpaired) electrons. The van der Waals surface area contributed by atoms with Crippen LogP contribution < -0.4 is 5.32 Å². The van der Waals surface area contributed by atoms with E-state index in [1.165, 1.54) is 17.3 Å². The summed E-state index contributed by atoms with van der Waals surface area (Å²) in [5.41, 5.74) is 2.96. The third kappa shape index (κ3) is 4.31. The molecule has 1 aromatic carbocycles. The number of carbonyl (C=O) groups excluding carboxylic acids is 1. The van der Waals surface area contributed by atoms with Crippen LogP contribution in [-0.4, -0.2) is 36.9 Å². The van der Waals surface area contributed by atoms with Crippen LogP contribution in [0.15, 0.2) is 23.4 Å². The van der Waals surface area contributed by atoms with E-state index >= 15 is 0 Å². The van der Waals surface area contributed by atoms with Gasteiger partial charge in [0.05, 0.1) is 10.9 Å². The van der Waals surface area contributed by atoms with Crippen molar-refractivity contribution in [3.63, 3.8) is 0 Å². The summed E-state index contributed by atoms with van der Waals surface area (Å²) in [4.78, 5) is 12.2. The van der Waals surface area contributed by atoms with E-state index in [-0.39, 0.29) is 16.7 Å². The fourth-order valence-corrected chi connectivity index (χ4v) is 2.85. The number of aromatic nitrogens is 4. The zero-order chi connectivity index (χ0) is 17.2. The van der Waals surface area contributed by atoms with E-state index in [2.05, 4.69) is 33.8 Å². The minimum atomic E-state index is -0.288. The lowest BCUT2D eigenvalue weighted by Gasteiger charge is -2.22. The van der Waals surface area contributed by atoms with Gasteiger partial charge in [-0.3, -0.25) is 4.79 Å². The van der Waals surface area contributed by atoms with Crippen molar-refractivity contribution in [2.45, 2.75) is 57.5 Å². The third-order valence-corrected chi connectivity index (χ3v) is 4.43. The SMILES string of the molecule is Cc1cccc(-n2nnnc2SC(C)C(=O)NC(C)(C)C)c1C. The van der Waals surface area contributed by atoms with Gasteiger partial charge in [0, 0.05) is 5.54 Å². The number of rotatable bonds is 4. The summed E-state index contributed by atoms with van der Waals surface area (Å²) >= 11 is 1.35. The van der Waals surface area contributed by atoms with Gasteiger partial charge in [-0.1, -0.05) is 23.9 Å². The molecule has 7 heteroatoms. The molecule has 1 aromatic heterocycles. The first-order valence-electron chi connectivity index (χ1n) is 7.52. The van der Waals surface area contributed by atoms with Crippen molar-refractivity contribution in [2.75, 3.05) is 0 Å². The molecule has 1 unspecified atom stereocenters. The van der Waals surface area contributed by atoms with Gasteiger partial charge in [-0.25, -0.2) is 0 Å². The molecule has 6 nitrogen and oxygen atoms in total. The lowest BCUT2D eigenvalue weighted by molar-refractivity contribution is -0.121. The van der Waals surface area contributed by atoms with Gasteiger partial charge < -0.3 is 5.32 Å². The van der Waals surface area contributed by atoms with Crippen LogP contribution in [0, 0.1) is 13.8 Å².